The molecule has 4 aromatic rings. The van der Waals surface area contributed by atoms with Gasteiger partial charge < -0.3 is 14.7 Å². The number of nitrogens with zero attached hydrogens (tertiary/aromatic N) is 4. The molecule has 6 heteroatoms. The predicted molar refractivity (Wildman–Crippen MR) is 174 cm³/mol. The Morgan fingerprint density at radius 2 is 1.67 bits per heavy atom. The van der Waals surface area contributed by atoms with Gasteiger partial charge in [0.15, 0.2) is 6.29 Å². The van der Waals surface area contributed by atoms with Crippen molar-refractivity contribution >= 4 is 29.1 Å². The molecule has 0 spiro atoms. The van der Waals surface area contributed by atoms with Crippen LogP contribution in [0.3, 0.4) is 0 Å². The molecule has 1 atom stereocenters. The van der Waals surface area contributed by atoms with E-state index < -0.39 is 0 Å². The van der Waals surface area contributed by atoms with Crippen LogP contribution >= 0.6 is 0 Å². The highest BCUT2D eigenvalue weighted by Crippen LogP contribution is 2.33. The average molecular weight is 569 g/mol. The highest BCUT2D eigenvalue weighted by Gasteiger charge is 2.31. The Kier molecular flexibility index (Phi) is 9.02. The van der Waals surface area contributed by atoms with Crippen LogP contribution in [0.1, 0.15) is 53.4 Å². The standard InChI is InChI=1S/C37H36N4O2/c1-4-36(43)41-22-21-40(25-35(41)30-9-6-5-7-10-30)33-19-17-32(18-20-33)39(3)24-27(2)37-31(26-42)11-8-12-34(37)29-15-13-28(23-38)14-16-29/h5-20,24,26,35H,4,21-22,25H2,1-3H3/b27-24-. The Balaban J connectivity index is 1.37. The van der Waals surface area contributed by atoms with Crippen LogP contribution in [-0.4, -0.2) is 43.8 Å². The van der Waals surface area contributed by atoms with Gasteiger partial charge in [-0.25, -0.2) is 0 Å². The van der Waals surface area contributed by atoms with E-state index in [0.29, 0.717) is 24.1 Å². The molecule has 5 rings (SSSR count). The second-order valence-electron chi connectivity index (χ2n) is 10.8. The quantitative estimate of drug-likeness (QED) is 0.208. The summed E-state index contributed by atoms with van der Waals surface area (Å²) >= 11 is 0. The molecule has 1 saturated heterocycles. The lowest BCUT2D eigenvalue weighted by Gasteiger charge is -2.43. The van der Waals surface area contributed by atoms with Crippen LogP contribution < -0.4 is 9.80 Å². The monoisotopic (exact) mass is 568 g/mol. The van der Waals surface area contributed by atoms with Crippen molar-refractivity contribution in [2.24, 2.45) is 0 Å². The number of aldehydes is 1. The molecule has 0 bridgehead atoms. The normalized spacial score (nSPS) is 15.1. The fourth-order valence-electron chi connectivity index (χ4n) is 5.88. The van der Waals surface area contributed by atoms with Crippen molar-refractivity contribution in [2.45, 2.75) is 26.3 Å². The van der Waals surface area contributed by atoms with Crippen molar-refractivity contribution < 1.29 is 9.59 Å². The molecule has 0 saturated carbocycles. The minimum atomic E-state index is 0.0125. The highest BCUT2D eigenvalue weighted by molar-refractivity contribution is 5.93. The maximum atomic E-state index is 12.7. The smallest absolute Gasteiger partial charge is 0.222 e. The van der Waals surface area contributed by atoms with E-state index in [-0.39, 0.29) is 11.9 Å². The highest BCUT2D eigenvalue weighted by atomic mass is 16.2. The number of anilines is 2. The lowest BCUT2D eigenvalue weighted by atomic mass is 9.91. The number of benzene rings is 4. The molecule has 1 aliphatic rings. The molecule has 4 aromatic carbocycles. The van der Waals surface area contributed by atoms with E-state index in [1.807, 2.05) is 80.5 Å². The number of hydrogen-bond acceptors (Lipinski definition) is 5. The van der Waals surface area contributed by atoms with E-state index in [4.69, 9.17) is 0 Å². The lowest BCUT2D eigenvalue weighted by molar-refractivity contribution is -0.133. The van der Waals surface area contributed by atoms with Crippen LogP contribution in [0, 0.1) is 11.3 Å². The van der Waals surface area contributed by atoms with Crippen LogP contribution in [-0.2, 0) is 4.79 Å². The molecular weight excluding hydrogens is 532 g/mol. The summed E-state index contributed by atoms with van der Waals surface area (Å²) in [4.78, 5) is 31.2. The number of hydrogen-bond donors (Lipinski definition) is 0. The molecule has 0 N–H and O–H groups in total. The molecule has 6 nitrogen and oxygen atoms in total. The summed E-state index contributed by atoms with van der Waals surface area (Å²) in [6.45, 7) is 6.15. The molecule has 0 aromatic heterocycles. The predicted octanol–water partition coefficient (Wildman–Crippen LogP) is 7.33. The zero-order valence-electron chi connectivity index (χ0n) is 24.9. The van der Waals surface area contributed by atoms with E-state index in [2.05, 4.69) is 52.3 Å². The zero-order chi connectivity index (χ0) is 30.3. The maximum absolute atomic E-state index is 12.7. The van der Waals surface area contributed by atoms with Gasteiger partial charge in [0.2, 0.25) is 5.91 Å². The summed E-state index contributed by atoms with van der Waals surface area (Å²) in [7, 11) is 2.00. The second-order valence-corrected chi connectivity index (χ2v) is 10.8. The summed E-state index contributed by atoms with van der Waals surface area (Å²) in [6, 6.07) is 34.1. The number of carbonyl (C=O) groups is 2. The van der Waals surface area contributed by atoms with Crippen molar-refractivity contribution in [3.63, 3.8) is 0 Å². The van der Waals surface area contributed by atoms with Gasteiger partial charge in [-0.05, 0) is 71.1 Å². The molecule has 1 unspecified atom stereocenters. The van der Waals surface area contributed by atoms with Gasteiger partial charge >= 0.3 is 0 Å². The van der Waals surface area contributed by atoms with Gasteiger partial charge in [0, 0.05) is 56.2 Å². The van der Waals surface area contributed by atoms with Crippen LogP contribution in [0.2, 0.25) is 0 Å². The molecule has 43 heavy (non-hydrogen) atoms. The van der Waals surface area contributed by atoms with E-state index in [1.165, 1.54) is 0 Å². The number of amides is 1. The van der Waals surface area contributed by atoms with Crippen molar-refractivity contribution in [1.82, 2.24) is 4.90 Å². The van der Waals surface area contributed by atoms with E-state index >= 15 is 0 Å². The third-order valence-electron chi connectivity index (χ3n) is 8.14. The van der Waals surface area contributed by atoms with Gasteiger partial charge in [-0.1, -0.05) is 67.6 Å². The first-order valence-electron chi connectivity index (χ1n) is 14.6. The largest absolute Gasteiger partial charge is 0.367 e. The first kappa shape index (κ1) is 29.3. The molecule has 1 fully saturated rings. The number of nitriles is 1. The Morgan fingerprint density at radius 1 is 0.953 bits per heavy atom. The van der Waals surface area contributed by atoms with Crippen LogP contribution in [0.4, 0.5) is 11.4 Å². The topological polar surface area (TPSA) is 67.7 Å². The Labute approximate surface area is 254 Å². The molecular formula is C37H36N4O2. The van der Waals surface area contributed by atoms with Crippen molar-refractivity contribution in [3.05, 3.63) is 126 Å². The number of carbonyl (C=O) groups excluding carboxylic acids is 2. The fourth-order valence-corrected chi connectivity index (χ4v) is 5.88. The summed E-state index contributed by atoms with van der Waals surface area (Å²) in [6.07, 6.45) is 3.44. The molecule has 0 aliphatic carbocycles. The first-order chi connectivity index (χ1) is 20.9. The summed E-state index contributed by atoms with van der Waals surface area (Å²) in [5, 5.41) is 9.19. The second kappa shape index (κ2) is 13.2. The van der Waals surface area contributed by atoms with E-state index in [1.54, 1.807) is 12.1 Å². The Bertz CT molecular complexity index is 1650. The molecule has 0 radical (unpaired) electrons. The van der Waals surface area contributed by atoms with Gasteiger partial charge in [0.1, 0.15) is 0 Å². The third-order valence-corrected chi connectivity index (χ3v) is 8.14. The van der Waals surface area contributed by atoms with Gasteiger partial charge in [-0.15, -0.1) is 0 Å². The fraction of sp³-hybridized carbons (Fsp3) is 0.216. The third kappa shape index (κ3) is 6.37. The molecule has 1 amide bonds. The number of piperazine rings is 1. The van der Waals surface area contributed by atoms with Gasteiger partial charge in [0.05, 0.1) is 17.7 Å². The Morgan fingerprint density at radius 3 is 2.33 bits per heavy atom. The first-order valence-corrected chi connectivity index (χ1v) is 14.6. The van der Waals surface area contributed by atoms with Gasteiger partial charge in [-0.2, -0.15) is 5.26 Å². The van der Waals surface area contributed by atoms with Crippen LogP contribution in [0.5, 0.6) is 0 Å². The average Bonchev–Trinajstić information content (AvgIpc) is 3.07. The van der Waals surface area contributed by atoms with Gasteiger partial charge in [-0.3, -0.25) is 9.59 Å². The summed E-state index contributed by atoms with van der Waals surface area (Å²) in [5.41, 5.74) is 8.23. The van der Waals surface area contributed by atoms with Crippen molar-refractivity contribution in [1.29, 1.82) is 5.26 Å². The maximum Gasteiger partial charge on any atom is 0.222 e. The molecule has 216 valence electrons. The lowest BCUT2D eigenvalue weighted by Crippen LogP contribution is -2.50. The number of rotatable bonds is 8. The summed E-state index contributed by atoms with van der Waals surface area (Å²) in [5.74, 6) is 0.186. The molecule has 1 heterocycles. The Hall–Kier alpha value is -5.15. The minimum absolute atomic E-state index is 0.0125. The van der Waals surface area contributed by atoms with Crippen molar-refractivity contribution in [2.75, 3.05) is 36.5 Å². The van der Waals surface area contributed by atoms with E-state index in [9.17, 15) is 14.9 Å². The van der Waals surface area contributed by atoms with Crippen LogP contribution in [0.25, 0.3) is 16.7 Å². The van der Waals surface area contributed by atoms with Crippen molar-refractivity contribution in [3.8, 4) is 17.2 Å². The summed E-state index contributed by atoms with van der Waals surface area (Å²) < 4.78 is 0. The van der Waals surface area contributed by atoms with Gasteiger partial charge in [0.25, 0.3) is 0 Å². The molecule has 1 aliphatic heterocycles. The zero-order valence-corrected chi connectivity index (χ0v) is 24.9. The number of allylic oxidation sites excluding steroid dienone is 1. The minimum Gasteiger partial charge on any atom is -0.367 e. The van der Waals surface area contributed by atoms with Crippen LogP contribution in [0.15, 0.2) is 103 Å². The van der Waals surface area contributed by atoms with E-state index in [0.717, 1.165) is 58.6 Å². The SMILES string of the molecule is CCC(=O)N1CCN(c2ccc(N(C)/C=C(/C)c3c(C=O)cccc3-c3ccc(C#N)cc3)cc2)CC1c1ccccc1.